The molecule has 1 aliphatic rings. The Hall–Kier alpha value is -0.320. The Bertz CT molecular complexity index is 382. The summed E-state index contributed by atoms with van der Waals surface area (Å²) >= 11 is 0. The van der Waals surface area contributed by atoms with E-state index in [0.717, 1.165) is 6.26 Å². The number of aliphatic hydroxyl groups is 2. The van der Waals surface area contributed by atoms with Crippen LogP contribution in [-0.2, 0) is 23.8 Å². The highest BCUT2D eigenvalue weighted by Crippen LogP contribution is 2.31. The lowest BCUT2D eigenvalue weighted by atomic mass is 10.1. The predicted molar refractivity (Wildman–Crippen MR) is 57.7 cm³/mol. The van der Waals surface area contributed by atoms with Gasteiger partial charge >= 0.3 is 0 Å². The van der Waals surface area contributed by atoms with Crippen molar-refractivity contribution in [1.29, 1.82) is 0 Å². The molecule has 2 N–H and O–H groups in total. The Labute approximate surface area is 105 Å². The van der Waals surface area contributed by atoms with E-state index in [2.05, 4.69) is 4.18 Å². The third kappa shape index (κ3) is 4.11. The highest BCUT2D eigenvalue weighted by molar-refractivity contribution is 7.86. The second kappa shape index (κ2) is 5.35. The van der Waals surface area contributed by atoms with Gasteiger partial charge in [-0.05, 0) is 13.8 Å². The molecule has 0 aromatic rings. The van der Waals surface area contributed by atoms with Crippen LogP contribution >= 0.6 is 0 Å². The quantitative estimate of drug-likeness (QED) is 0.634. The zero-order valence-electron chi connectivity index (χ0n) is 10.2. The Morgan fingerprint density at radius 1 is 1.44 bits per heavy atom. The molecule has 4 atom stereocenters. The van der Waals surface area contributed by atoms with E-state index in [1.165, 1.54) is 13.8 Å². The van der Waals surface area contributed by atoms with E-state index < -0.39 is 47.2 Å². The molecule has 7 nitrogen and oxygen atoms in total. The third-order valence-corrected chi connectivity index (χ3v) is 2.85. The van der Waals surface area contributed by atoms with Crippen molar-refractivity contribution < 1.29 is 36.7 Å². The summed E-state index contributed by atoms with van der Waals surface area (Å²) in [5.74, 6) is -1.19. The fraction of sp³-hybridized carbons (Fsp3) is 1.00. The van der Waals surface area contributed by atoms with Crippen molar-refractivity contribution in [3.8, 4) is 0 Å². The van der Waals surface area contributed by atoms with Crippen molar-refractivity contribution in [2.24, 2.45) is 0 Å². The zero-order chi connectivity index (χ0) is 14.1. The SMILES string of the molecule is CC1(C)O[C@H]([C@@H](F)[C@@H](CO)OS(C)(=O)=O)[C@H](O)O1. The smallest absolute Gasteiger partial charge is 0.264 e. The first-order chi connectivity index (χ1) is 8.06. The minimum atomic E-state index is -3.93. The normalized spacial score (nSPS) is 31.2. The summed E-state index contributed by atoms with van der Waals surface area (Å²) in [7, 11) is -3.93. The summed E-state index contributed by atoms with van der Waals surface area (Å²) < 4.78 is 50.1. The maximum absolute atomic E-state index is 14.0. The standard InChI is InChI=1S/C9H17FO7S/c1-9(2)15-7(8(12)16-9)6(10)5(4-11)17-18(3,13)14/h5-8,11-12H,4H2,1-3H3/t5-,6+,7-,8-/m1/s1. The molecule has 1 saturated heterocycles. The first-order valence-corrected chi connectivity index (χ1v) is 7.04. The third-order valence-electron chi connectivity index (χ3n) is 2.25. The highest BCUT2D eigenvalue weighted by Gasteiger charge is 2.48. The zero-order valence-corrected chi connectivity index (χ0v) is 11.1. The monoisotopic (exact) mass is 288 g/mol. The first-order valence-electron chi connectivity index (χ1n) is 5.22. The van der Waals surface area contributed by atoms with E-state index in [4.69, 9.17) is 14.6 Å². The number of aliphatic hydroxyl groups excluding tert-OH is 2. The molecule has 1 heterocycles. The summed E-state index contributed by atoms with van der Waals surface area (Å²) in [5.41, 5.74) is 0. The van der Waals surface area contributed by atoms with Gasteiger partial charge in [0, 0.05) is 0 Å². The van der Waals surface area contributed by atoms with E-state index >= 15 is 0 Å². The van der Waals surface area contributed by atoms with Crippen LogP contribution in [0.15, 0.2) is 0 Å². The second-order valence-electron chi connectivity index (χ2n) is 4.46. The van der Waals surface area contributed by atoms with Gasteiger partial charge < -0.3 is 19.7 Å². The number of halogens is 1. The van der Waals surface area contributed by atoms with Crippen molar-refractivity contribution in [3.63, 3.8) is 0 Å². The van der Waals surface area contributed by atoms with Gasteiger partial charge in [0.2, 0.25) is 0 Å². The van der Waals surface area contributed by atoms with Crippen molar-refractivity contribution in [1.82, 2.24) is 0 Å². The highest BCUT2D eigenvalue weighted by atomic mass is 32.2. The van der Waals surface area contributed by atoms with Gasteiger partial charge in [-0.2, -0.15) is 8.42 Å². The summed E-state index contributed by atoms with van der Waals surface area (Å²) in [6, 6.07) is 0. The van der Waals surface area contributed by atoms with Crippen LogP contribution in [0.2, 0.25) is 0 Å². The van der Waals surface area contributed by atoms with Crippen LogP contribution in [0.4, 0.5) is 4.39 Å². The van der Waals surface area contributed by atoms with E-state index in [1.807, 2.05) is 0 Å². The lowest BCUT2D eigenvalue weighted by molar-refractivity contribution is -0.175. The van der Waals surface area contributed by atoms with Crippen LogP contribution in [0.3, 0.4) is 0 Å². The van der Waals surface area contributed by atoms with E-state index in [1.54, 1.807) is 0 Å². The minimum absolute atomic E-state index is 0.731. The molecular formula is C9H17FO7S. The molecule has 0 spiro atoms. The van der Waals surface area contributed by atoms with Crippen LogP contribution < -0.4 is 0 Å². The van der Waals surface area contributed by atoms with Gasteiger partial charge in [-0.25, -0.2) is 4.39 Å². The van der Waals surface area contributed by atoms with Crippen LogP contribution in [0.5, 0.6) is 0 Å². The van der Waals surface area contributed by atoms with Crippen LogP contribution in [-0.4, -0.2) is 62.0 Å². The number of ether oxygens (including phenoxy) is 2. The molecule has 0 aromatic heterocycles. The summed E-state index contributed by atoms with van der Waals surface area (Å²) in [6.45, 7) is 2.06. The number of hydrogen-bond acceptors (Lipinski definition) is 7. The van der Waals surface area contributed by atoms with Crippen LogP contribution in [0, 0.1) is 0 Å². The van der Waals surface area contributed by atoms with Gasteiger partial charge in [0.25, 0.3) is 10.1 Å². The Morgan fingerprint density at radius 2 is 2.00 bits per heavy atom. The maximum atomic E-state index is 14.0. The Kier molecular flexibility index (Phi) is 4.68. The summed E-state index contributed by atoms with van der Waals surface area (Å²) in [4.78, 5) is 0. The molecule has 0 aliphatic carbocycles. The lowest BCUT2D eigenvalue weighted by Crippen LogP contribution is -2.44. The van der Waals surface area contributed by atoms with E-state index in [9.17, 15) is 17.9 Å². The van der Waals surface area contributed by atoms with Crippen molar-refractivity contribution >= 4 is 10.1 Å². The van der Waals surface area contributed by atoms with Gasteiger partial charge in [-0.3, -0.25) is 4.18 Å². The Morgan fingerprint density at radius 3 is 2.33 bits per heavy atom. The van der Waals surface area contributed by atoms with Gasteiger partial charge in [-0.1, -0.05) is 0 Å². The molecule has 108 valence electrons. The summed E-state index contributed by atoms with van der Waals surface area (Å²) in [5, 5.41) is 18.4. The molecule has 0 aromatic carbocycles. The molecular weight excluding hydrogens is 271 g/mol. The minimum Gasteiger partial charge on any atom is -0.394 e. The largest absolute Gasteiger partial charge is 0.394 e. The molecule has 1 aliphatic heterocycles. The van der Waals surface area contributed by atoms with E-state index in [0.29, 0.717) is 0 Å². The maximum Gasteiger partial charge on any atom is 0.264 e. The number of hydrogen-bond donors (Lipinski definition) is 2. The molecule has 18 heavy (non-hydrogen) atoms. The van der Waals surface area contributed by atoms with Gasteiger partial charge in [0.05, 0.1) is 12.9 Å². The molecule has 0 bridgehead atoms. The predicted octanol–water partition coefficient (Wildman–Crippen LogP) is -0.869. The van der Waals surface area contributed by atoms with E-state index in [-0.39, 0.29) is 0 Å². The van der Waals surface area contributed by atoms with Gasteiger partial charge in [0.15, 0.2) is 18.2 Å². The van der Waals surface area contributed by atoms with Crippen molar-refractivity contribution in [3.05, 3.63) is 0 Å². The second-order valence-corrected chi connectivity index (χ2v) is 6.06. The Balaban J connectivity index is 2.76. The van der Waals surface area contributed by atoms with Crippen molar-refractivity contribution in [2.45, 2.75) is 44.3 Å². The van der Waals surface area contributed by atoms with Gasteiger partial charge in [-0.15, -0.1) is 0 Å². The average Bonchev–Trinajstić information content (AvgIpc) is 2.46. The van der Waals surface area contributed by atoms with Crippen LogP contribution in [0.25, 0.3) is 0 Å². The fourth-order valence-corrected chi connectivity index (χ4v) is 2.23. The van der Waals surface area contributed by atoms with Gasteiger partial charge in [0.1, 0.15) is 12.2 Å². The molecule has 9 heteroatoms. The molecule has 0 saturated carbocycles. The lowest BCUT2D eigenvalue weighted by Gasteiger charge is -2.24. The van der Waals surface area contributed by atoms with Crippen LogP contribution in [0.1, 0.15) is 13.8 Å². The number of alkyl halides is 1. The molecule has 1 fully saturated rings. The average molecular weight is 288 g/mol. The molecule has 0 unspecified atom stereocenters. The molecule has 1 rings (SSSR count). The number of rotatable bonds is 5. The van der Waals surface area contributed by atoms with Crippen molar-refractivity contribution in [2.75, 3.05) is 12.9 Å². The molecule has 0 radical (unpaired) electrons. The fourth-order valence-electron chi connectivity index (χ4n) is 1.61. The summed E-state index contributed by atoms with van der Waals surface area (Å²) in [6.07, 6.45) is -5.97. The first kappa shape index (κ1) is 15.7. The molecule has 0 amide bonds. The topological polar surface area (TPSA) is 102 Å².